The minimum Gasteiger partial charge on any atom is -0.455 e. The predicted molar refractivity (Wildman–Crippen MR) is 67.7 cm³/mol. The molecule has 6 heteroatoms. The third kappa shape index (κ3) is 3.04. The molecule has 1 aliphatic heterocycles. The van der Waals surface area contributed by atoms with Crippen molar-refractivity contribution in [1.82, 2.24) is 9.80 Å². The molecule has 0 aliphatic carbocycles. The summed E-state index contributed by atoms with van der Waals surface area (Å²) in [5.41, 5.74) is 0. The Kier molecular flexibility index (Phi) is 4.63. The van der Waals surface area contributed by atoms with E-state index in [0.717, 1.165) is 13.1 Å². The fraction of sp³-hybridized carbons (Fsp3) is 0.583. The Balaban J connectivity index is 1.91. The summed E-state index contributed by atoms with van der Waals surface area (Å²) in [5.74, 6) is 1.15. The van der Waals surface area contributed by atoms with Gasteiger partial charge in [-0.25, -0.2) is 0 Å². The Morgan fingerprint density at radius 1 is 1.33 bits per heavy atom. The Morgan fingerprint density at radius 2 is 2.06 bits per heavy atom. The van der Waals surface area contributed by atoms with Gasteiger partial charge in [0.2, 0.25) is 0 Å². The molecule has 1 amide bonds. The van der Waals surface area contributed by atoms with Gasteiger partial charge in [0.05, 0.1) is 12.5 Å². The molecule has 2 rings (SSSR count). The van der Waals surface area contributed by atoms with Crippen molar-refractivity contribution in [2.45, 2.75) is 5.88 Å². The first-order chi connectivity index (χ1) is 8.74. The lowest BCUT2D eigenvalue weighted by Crippen LogP contribution is -2.49. The van der Waals surface area contributed by atoms with Crippen LogP contribution in [0.25, 0.3) is 0 Å². The molecule has 0 aromatic carbocycles. The van der Waals surface area contributed by atoms with Crippen molar-refractivity contribution in [1.29, 1.82) is 0 Å². The molecule has 1 N–H and O–H groups in total. The number of halogens is 1. The van der Waals surface area contributed by atoms with Crippen LogP contribution in [0.3, 0.4) is 0 Å². The molecule has 0 spiro atoms. The standard InChI is InChI=1S/C12H17ClN2O3/c13-9-10-1-2-11(18-10)12(17)15-5-3-14(4-6-15)7-8-16/h1-2,16H,3-9H2. The van der Waals surface area contributed by atoms with Crippen molar-refractivity contribution in [2.75, 3.05) is 39.3 Å². The molecule has 1 aromatic rings. The number of alkyl halides is 1. The highest BCUT2D eigenvalue weighted by molar-refractivity contribution is 6.16. The Morgan fingerprint density at radius 3 is 2.61 bits per heavy atom. The Labute approximate surface area is 111 Å². The maximum absolute atomic E-state index is 12.1. The van der Waals surface area contributed by atoms with E-state index < -0.39 is 0 Å². The molecule has 0 radical (unpaired) electrons. The number of hydrogen-bond donors (Lipinski definition) is 1. The first kappa shape index (κ1) is 13.4. The third-order valence-corrected chi connectivity index (χ3v) is 3.34. The number of carbonyl (C=O) groups excluding carboxylic acids is 1. The zero-order chi connectivity index (χ0) is 13.0. The van der Waals surface area contributed by atoms with Crippen molar-refractivity contribution in [3.63, 3.8) is 0 Å². The number of β-amino-alcohol motifs (C(OH)–C–C–N with tert-alkyl or cyclic N) is 1. The highest BCUT2D eigenvalue weighted by Gasteiger charge is 2.23. The zero-order valence-electron chi connectivity index (χ0n) is 10.1. The molecule has 1 aliphatic rings. The molecule has 1 saturated heterocycles. The number of carbonyl (C=O) groups is 1. The lowest BCUT2D eigenvalue weighted by Gasteiger charge is -2.33. The van der Waals surface area contributed by atoms with E-state index in [1.807, 2.05) is 0 Å². The smallest absolute Gasteiger partial charge is 0.289 e. The highest BCUT2D eigenvalue weighted by atomic mass is 35.5. The van der Waals surface area contributed by atoms with E-state index in [2.05, 4.69) is 4.90 Å². The van der Waals surface area contributed by atoms with E-state index in [4.69, 9.17) is 21.1 Å². The van der Waals surface area contributed by atoms with Crippen LogP contribution in [0.4, 0.5) is 0 Å². The number of furan rings is 1. The minimum absolute atomic E-state index is 0.0879. The minimum atomic E-state index is -0.0879. The Bertz CT molecular complexity index is 400. The Hall–Kier alpha value is -1.04. The summed E-state index contributed by atoms with van der Waals surface area (Å²) in [6, 6.07) is 3.39. The quantitative estimate of drug-likeness (QED) is 0.823. The fourth-order valence-electron chi connectivity index (χ4n) is 2.04. The summed E-state index contributed by atoms with van der Waals surface area (Å²) in [6.07, 6.45) is 0. The van der Waals surface area contributed by atoms with Gasteiger partial charge in [-0.15, -0.1) is 11.6 Å². The molecule has 1 aromatic heterocycles. The molecule has 0 saturated carbocycles. The van der Waals surface area contributed by atoms with E-state index in [1.54, 1.807) is 17.0 Å². The normalized spacial score (nSPS) is 17.1. The highest BCUT2D eigenvalue weighted by Crippen LogP contribution is 2.14. The second-order valence-electron chi connectivity index (χ2n) is 4.26. The van der Waals surface area contributed by atoms with Gasteiger partial charge in [-0.3, -0.25) is 9.69 Å². The SMILES string of the molecule is O=C(c1ccc(CCl)o1)N1CCN(CCO)CC1. The fourth-order valence-corrected chi connectivity index (χ4v) is 2.18. The van der Waals surface area contributed by atoms with E-state index in [0.29, 0.717) is 31.2 Å². The summed E-state index contributed by atoms with van der Waals surface area (Å²) in [6.45, 7) is 3.72. The summed E-state index contributed by atoms with van der Waals surface area (Å²) in [7, 11) is 0. The van der Waals surface area contributed by atoms with Crippen molar-refractivity contribution in [2.24, 2.45) is 0 Å². The van der Waals surface area contributed by atoms with Crippen LogP contribution in [0.2, 0.25) is 0 Å². The first-order valence-corrected chi connectivity index (χ1v) is 6.55. The van der Waals surface area contributed by atoms with Gasteiger partial charge >= 0.3 is 0 Å². The maximum atomic E-state index is 12.1. The molecular weight excluding hydrogens is 256 g/mol. The molecule has 18 heavy (non-hydrogen) atoms. The summed E-state index contributed by atoms with van der Waals surface area (Å²) < 4.78 is 5.35. The summed E-state index contributed by atoms with van der Waals surface area (Å²) in [4.78, 5) is 16.0. The number of aliphatic hydroxyl groups excluding tert-OH is 1. The van der Waals surface area contributed by atoms with Gasteiger partial charge in [0, 0.05) is 32.7 Å². The average Bonchev–Trinajstić information content (AvgIpc) is 2.88. The van der Waals surface area contributed by atoms with Gasteiger partial charge in [-0.05, 0) is 12.1 Å². The summed E-state index contributed by atoms with van der Waals surface area (Å²) in [5, 5.41) is 8.85. The van der Waals surface area contributed by atoms with E-state index in [-0.39, 0.29) is 18.4 Å². The van der Waals surface area contributed by atoms with E-state index in [1.165, 1.54) is 0 Å². The average molecular weight is 273 g/mol. The predicted octanol–water partition coefficient (Wildman–Crippen LogP) is 0.768. The van der Waals surface area contributed by atoms with Gasteiger partial charge in [-0.2, -0.15) is 0 Å². The monoisotopic (exact) mass is 272 g/mol. The number of rotatable bonds is 4. The van der Waals surface area contributed by atoms with Gasteiger partial charge in [0.25, 0.3) is 5.91 Å². The van der Waals surface area contributed by atoms with Gasteiger partial charge in [0.1, 0.15) is 5.76 Å². The molecule has 1 fully saturated rings. The van der Waals surface area contributed by atoms with Gasteiger partial charge in [0.15, 0.2) is 5.76 Å². The van der Waals surface area contributed by atoms with Gasteiger partial charge < -0.3 is 14.4 Å². The second-order valence-corrected chi connectivity index (χ2v) is 4.52. The van der Waals surface area contributed by atoms with Gasteiger partial charge in [-0.1, -0.05) is 0 Å². The van der Waals surface area contributed by atoms with Crippen molar-refractivity contribution < 1.29 is 14.3 Å². The topological polar surface area (TPSA) is 56.9 Å². The third-order valence-electron chi connectivity index (χ3n) is 3.08. The molecule has 5 nitrogen and oxygen atoms in total. The first-order valence-electron chi connectivity index (χ1n) is 6.01. The van der Waals surface area contributed by atoms with Crippen LogP contribution in [0, 0.1) is 0 Å². The van der Waals surface area contributed by atoms with Crippen molar-refractivity contribution >= 4 is 17.5 Å². The second kappa shape index (κ2) is 6.22. The summed E-state index contributed by atoms with van der Waals surface area (Å²) >= 11 is 5.64. The largest absolute Gasteiger partial charge is 0.455 e. The molecule has 100 valence electrons. The van der Waals surface area contributed by atoms with Crippen LogP contribution in [0.1, 0.15) is 16.3 Å². The molecule has 2 heterocycles. The maximum Gasteiger partial charge on any atom is 0.289 e. The van der Waals surface area contributed by atoms with Crippen LogP contribution in [-0.2, 0) is 5.88 Å². The molecule has 0 unspecified atom stereocenters. The number of aliphatic hydroxyl groups is 1. The van der Waals surface area contributed by atoms with Crippen LogP contribution < -0.4 is 0 Å². The van der Waals surface area contributed by atoms with E-state index in [9.17, 15) is 4.79 Å². The molecule has 0 bridgehead atoms. The zero-order valence-corrected chi connectivity index (χ0v) is 10.9. The van der Waals surface area contributed by atoms with Crippen molar-refractivity contribution in [3.8, 4) is 0 Å². The van der Waals surface area contributed by atoms with Crippen LogP contribution in [-0.4, -0.2) is 60.1 Å². The lowest BCUT2D eigenvalue weighted by molar-refractivity contribution is 0.0584. The lowest BCUT2D eigenvalue weighted by atomic mass is 10.3. The number of piperazine rings is 1. The van der Waals surface area contributed by atoms with Crippen LogP contribution >= 0.6 is 11.6 Å². The molecule has 0 atom stereocenters. The number of hydrogen-bond acceptors (Lipinski definition) is 4. The van der Waals surface area contributed by atoms with Crippen LogP contribution in [0.5, 0.6) is 0 Å². The number of amides is 1. The molecular formula is C12H17ClN2O3. The van der Waals surface area contributed by atoms with Crippen molar-refractivity contribution in [3.05, 3.63) is 23.7 Å². The van der Waals surface area contributed by atoms with Crippen LogP contribution in [0.15, 0.2) is 16.5 Å². The number of nitrogens with zero attached hydrogens (tertiary/aromatic N) is 2. The van der Waals surface area contributed by atoms with E-state index >= 15 is 0 Å².